The maximum absolute atomic E-state index is 11.5. The number of ketones is 1. The van der Waals surface area contributed by atoms with Gasteiger partial charge in [0.1, 0.15) is 0 Å². The van der Waals surface area contributed by atoms with E-state index in [0.29, 0.717) is 0 Å². The van der Waals surface area contributed by atoms with Gasteiger partial charge >= 0.3 is 97.8 Å². The van der Waals surface area contributed by atoms with Crippen molar-refractivity contribution in [1.29, 1.82) is 0 Å². The number of Topliss-reactive ketones (excluding diaryl/α,β-unsaturated/α-hetero) is 1. The summed E-state index contributed by atoms with van der Waals surface area (Å²) in [4.78, 5) is 18.4. The Hall–Kier alpha value is 0.169. The zero-order valence-corrected chi connectivity index (χ0v) is 13.6. The second-order valence-electron chi connectivity index (χ2n) is 5.72. The van der Waals surface area contributed by atoms with Gasteiger partial charge < -0.3 is 0 Å². The summed E-state index contributed by atoms with van der Waals surface area (Å²) in [6.07, 6.45) is 1.20. The van der Waals surface area contributed by atoms with E-state index in [0.717, 1.165) is 10.0 Å². The number of carbonyl (C=O) groups excluding carboxylic acids is 1. The Kier molecular flexibility index (Phi) is 6.11. The summed E-state index contributed by atoms with van der Waals surface area (Å²) in [7, 11) is 0. The number of allylic oxidation sites excluding steroid dienone is 1. The normalized spacial score (nSPS) is 15.7. The summed E-state index contributed by atoms with van der Waals surface area (Å²) in [5, 5.41) is 9.95. The molecule has 0 amide bonds. The van der Waals surface area contributed by atoms with E-state index < -0.39 is 24.5 Å². The number of rotatable bonds is 5. The predicted molar refractivity (Wildman–Crippen MR) is 67.8 cm³/mol. The van der Waals surface area contributed by atoms with Gasteiger partial charge in [-0.25, -0.2) is 0 Å². The minimum atomic E-state index is -2.01. The maximum atomic E-state index is 11.5. The van der Waals surface area contributed by atoms with Gasteiger partial charge in [0.25, 0.3) is 0 Å². The molecule has 88 valence electrons. The number of aliphatic hydroxyl groups excluding tert-OH is 1. The van der Waals surface area contributed by atoms with Gasteiger partial charge in [0.2, 0.25) is 0 Å². The van der Waals surface area contributed by atoms with Crippen molar-refractivity contribution in [2.45, 2.75) is 46.1 Å². The molecule has 0 aliphatic rings. The van der Waals surface area contributed by atoms with Crippen molar-refractivity contribution in [3.63, 3.8) is 0 Å². The fourth-order valence-electron chi connectivity index (χ4n) is 1.62. The van der Waals surface area contributed by atoms with Crippen molar-refractivity contribution in [1.82, 2.24) is 0 Å². The fourth-order valence-corrected chi connectivity index (χ4v) is 6.90. The molecule has 0 heterocycles. The van der Waals surface area contributed by atoms with Crippen LogP contribution in [-0.2, 0) is 4.79 Å². The van der Waals surface area contributed by atoms with Crippen LogP contribution in [-0.4, -0.2) is 35.4 Å². The third-order valence-electron chi connectivity index (χ3n) is 2.27. The van der Waals surface area contributed by atoms with E-state index in [1.54, 1.807) is 13.0 Å². The van der Waals surface area contributed by atoms with Gasteiger partial charge in [-0.05, 0) is 0 Å². The summed E-state index contributed by atoms with van der Waals surface area (Å²) < 4.78 is 0.926. The third-order valence-corrected chi connectivity index (χ3v) is 7.02. The van der Waals surface area contributed by atoms with Gasteiger partial charge in [-0.3, -0.25) is 0 Å². The Labute approximate surface area is 97.6 Å². The Bertz CT molecular complexity index is 247. The van der Waals surface area contributed by atoms with Gasteiger partial charge in [-0.2, -0.15) is 0 Å². The molecule has 0 saturated heterocycles. The molecule has 0 spiro atoms. The first-order valence-corrected chi connectivity index (χ1v) is 16.0. The molecule has 0 rings (SSSR count). The van der Waals surface area contributed by atoms with E-state index in [1.807, 2.05) is 13.8 Å². The van der Waals surface area contributed by atoms with Crippen molar-refractivity contribution < 1.29 is 9.90 Å². The molecule has 0 aromatic carbocycles. The summed E-state index contributed by atoms with van der Waals surface area (Å²) in [5.41, 5.74) is 1.07. The molecule has 0 unspecified atom stereocenters. The average Bonchev–Trinajstić information content (AvgIpc) is 1.96. The summed E-state index contributed by atoms with van der Waals surface area (Å²) in [5.74, 6) is -0.0673. The van der Waals surface area contributed by atoms with Crippen LogP contribution < -0.4 is 0 Å². The molecular formula is C12H24O2Sn. The first-order valence-electron chi connectivity index (χ1n) is 5.47. The molecule has 0 aliphatic heterocycles. The van der Waals surface area contributed by atoms with E-state index >= 15 is 0 Å². The van der Waals surface area contributed by atoms with Crippen LogP contribution in [0, 0.1) is 5.92 Å². The molecule has 0 fully saturated rings. The SMILES string of the molecule is CC(=O)[C@H]([CH2][Sn]([CH3])([CH3])[CH3])[C@H](O)C=C(C)C. The Morgan fingerprint density at radius 3 is 2.00 bits per heavy atom. The van der Waals surface area contributed by atoms with Crippen molar-refractivity contribution >= 4 is 24.2 Å². The van der Waals surface area contributed by atoms with Gasteiger partial charge in [0.05, 0.1) is 0 Å². The van der Waals surface area contributed by atoms with Crippen molar-refractivity contribution in [2.75, 3.05) is 0 Å². The van der Waals surface area contributed by atoms with Gasteiger partial charge in [0, 0.05) is 0 Å². The molecule has 0 aromatic heterocycles. The molecule has 0 bridgehead atoms. The summed E-state index contributed by atoms with van der Waals surface area (Å²) in [6.45, 7) is 5.48. The van der Waals surface area contributed by atoms with Crippen LogP contribution in [0.2, 0.25) is 19.3 Å². The number of hydrogen-bond donors (Lipinski definition) is 1. The first-order chi connectivity index (χ1) is 6.63. The van der Waals surface area contributed by atoms with Crippen LogP contribution in [0.1, 0.15) is 20.8 Å². The van der Waals surface area contributed by atoms with Crippen LogP contribution in [0.15, 0.2) is 11.6 Å². The zero-order chi connectivity index (χ0) is 12.2. The van der Waals surface area contributed by atoms with E-state index in [4.69, 9.17) is 0 Å². The molecule has 2 nitrogen and oxygen atoms in total. The molecule has 0 aromatic rings. The van der Waals surface area contributed by atoms with Gasteiger partial charge in [-0.15, -0.1) is 0 Å². The second kappa shape index (κ2) is 6.04. The Morgan fingerprint density at radius 1 is 1.27 bits per heavy atom. The number of hydrogen-bond acceptors (Lipinski definition) is 2. The van der Waals surface area contributed by atoms with Crippen LogP contribution >= 0.6 is 0 Å². The molecule has 0 saturated carbocycles. The van der Waals surface area contributed by atoms with Crippen molar-refractivity contribution in [3.8, 4) is 0 Å². The minimum absolute atomic E-state index is 0.117. The van der Waals surface area contributed by atoms with E-state index in [-0.39, 0.29) is 11.7 Å². The predicted octanol–water partition coefficient (Wildman–Crippen LogP) is 2.86. The van der Waals surface area contributed by atoms with Crippen LogP contribution in [0.25, 0.3) is 0 Å². The number of carbonyl (C=O) groups is 1. The van der Waals surface area contributed by atoms with E-state index in [2.05, 4.69) is 14.8 Å². The standard InChI is InChI=1S/C9H15O2.3CH3.Sn/c1-6(2)5-9(11)7(3)8(4)10;;;;/h5,7,9,11H,3H2,1-2,4H3;3*1H3;/t7-,9+;;;;/m0..../s1. The van der Waals surface area contributed by atoms with E-state index in [1.165, 1.54) is 0 Å². The topological polar surface area (TPSA) is 37.3 Å². The molecule has 1 N–H and O–H groups in total. The number of aliphatic hydroxyl groups is 1. The summed E-state index contributed by atoms with van der Waals surface area (Å²) >= 11 is -2.01. The van der Waals surface area contributed by atoms with Gasteiger partial charge in [-0.1, -0.05) is 0 Å². The quantitative estimate of drug-likeness (QED) is 0.625. The summed E-state index contributed by atoms with van der Waals surface area (Å²) in [6, 6.07) is 0. The van der Waals surface area contributed by atoms with Crippen molar-refractivity contribution in [2.24, 2.45) is 5.92 Å². The second-order valence-corrected chi connectivity index (χ2v) is 21.5. The van der Waals surface area contributed by atoms with Crippen molar-refractivity contribution in [3.05, 3.63) is 11.6 Å². The molecule has 15 heavy (non-hydrogen) atoms. The zero-order valence-electron chi connectivity index (χ0n) is 10.8. The molecule has 3 heteroatoms. The Morgan fingerprint density at radius 2 is 1.73 bits per heavy atom. The Balaban J connectivity index is 4.68. The fraction of sp³-hybridized carbons (Fsp3) is 0.750. The third kappa shape index (κ3) is 7.12. The van der Waals surface area contributed by atoms with Gasteiger partial charge in [0.15, 0.2) is 0 Å². The molecular weight excluding hydrogens is 295 g/mol. The molecule has 0 radical (unpaired) electrons. The van der Waals surface area contributed by atoms with Crippen LogP contribution in [0.5, 0.6) is 0 Å². The van der Waals surface area contributed by atoms with Crippen LogP contribution in [0.4, 0.5) is 0 Å². The van der Waals surface area contributed by atoms with E-state index in [9.17, 15) is 9.90 Å². The molecule has 0 aliphatic carbocycles. The average molecular weight is 319 g/mol. The van der Waals surface area contributed by atoms with Crippen LogP contribution in [0.3, 0.4) is 0 Å². The molecule has 2 atom stereocenters. The first kappa shape index (κ1) is 15.2. The monoisotopic (exact) mass is 320 g/mol.